The van der Waals surface area contributed by atoms with E-state index in [1.54, 1.807) is 0 Å². The van der Waals surface area contributed by atoms with Gasteiger partial charge >= 0.3 is 0 Å². The van der Waals surface area contributed by atoms with Crippen molar-refractivity contribution in [2.45, 2.75) is 13.3 Å². The summed E-state index contributed by atoms with van der Waals surface area (Å²) < 4.78 is 0. The first-order chi connectivity index (χ1) is 3.91. The molecule has 0 spiro atoms. The minimum absolute atomic E-state index is 0.900. The van der Waals surface area contributed by atoms with Crippen LogP contribution in [0, 0.1) is 0 Å². The molecular formula is C7H13N. The summed E-state index contributed by atoms with van der Waals surface area (Å²) in [6.07, 6.45) is 3.07. The molecule has 0 radical (unpaired) electrons. The van der Waals surface area contributed by atoms with E-state index in [1.165, 1.54) is 6.42 Å². The molecule has 0 aromatic heterocycles. The van der Waals surface area contributed by atoms with Gasteiger partial charge in [0, 0.05) is 6.54 Å². The first-order valence-corrected chi connectivity index (χ1v) is 2.96. The Morgan fingerprint density at radius 1 is 1.75 bits per heavy atom. The van der Waals surface area contributed by atoms with E-state index < -0.39 is 0 Å². The molecular weight excluding hydrogens is 98.1 g/mol. The largest absolute Gasteiger partial charge is 0.313 e. The predicted octanol–water partition coefficient (Wildman–Crippen LogP) is 1.33. The van der Waals surface area contributed by atoms with E-state index in [2.05, 4.69) is 24.6 Å². The Hall–Kier alpha value is -0.520. The highest BCUT2D eigenvalue weighted by atomic mass is 14.8. The van der Waals surface area contributed by atoms with E-state index >= 15 is 0 Å². The van der Waals surface area contributed by atoms with Crippen LogP contribution in [-0.2, 0) is 0 Å². The van der Waals surface area contributed by atoms with Crippen LogP contribution in [0.2, 0.25) is 0 Å². The van der Waals surface area contributed by atoms with Crippen molar-refractivity contribution in [3.8, 4) is 0 Å². The number of hydrogen-bond donors (Lipinski definition) is 1. The van der Waals surface area contributed by atoms with Crippen molar-refractivity contribution in [3.63, 3.8) is 0 Å². The predicted molar refractivity (Wildman–Crippen MR) is 36.9 cm³/mol. The SMILES string of the molecule is C=C=CCNCCC. The second-order valence-electron chi connectivity index (χ2n) is 1.61. The summed E-state index contributed by atoms with van der Waals surface area (Å²) in [7, 11) is 0. The molecule has 0 unspecified atom stereocenters. The van der Waals surface area contributed by atoms with Gasteiger partial charge in [0.05, 0.1) is 0 Å². The molecule has 0 aliphatic rings. The topological polar surface area (TPSA) is 12.0 Å². The van der Waals surface area contributed by atoms with Gasteiger partial charge in [-0.1, -0.05) is 13.5 Å². The summed E-state index contributed by atoms with van der Waals surface area (Å²) in [5, 5.41) is 3.18. The van der Waals surface area contributed by atoms with Gasteiger partial charge in [-0.05, 0) is 19.0 Å². The highest BCUT2D eigenvalue weighted by Crippen LogP contribution is 1.68. The Bertz CT molecular complexity index is 80.4. The third-order valence-electron chi connectivity index (χ3n) is 0.818. The third-order valence-corrected chi connectivity index (χ3v) is 0.818. The lowest BCUT2D eigenvalue weighted by molar-refractivity contribution is 0.729. The zero-order valence-corrected chi connectivity index (χ0v) is 5.41. The molecule has 8 heavy (non-hydrogen) atoms. The fourth-order valence-electron chi connectivity index (χ4n) is 0.423. The van der Waals surface area contributed by atoms with Crippen LogP contribution < -0.4 is 5.32 Å². The van der Waals surface area contributed by atoms with Crippen LogP contribution in [-0.4, -0.2) is 13.1 Å². The summed E-state index contributed by atoms with van der Waals surface area (Å²) in [6, 6.07) is 0. The van der Waals surface area contributed by atoms with Crippen molar-refractivity contribution in [3.05, 3.63) is 18.4 Å². The summed E-state index contributed by atoms with van der Waals surface area (Å²) in [5.74, 6) is 0. The quantitative estimate of drug-likeness (QED) is 0.426. The normalized spacial score (nSPS) is 8.12. The Morgan fingerprint density at radius 3 is 3.00 bits per heavy atom. The molecule has 0 atom stereocenters. The third kappa shape index (κ3) is 5.48. The molecule has 0 aliphatic carbocycles. The molecule has 0 amide bonds. The van der Waals surface area contributed by atoms with Gasteiger partial charge in [-0.15, -0.1) is 5.73 Å². The van der Waals surface area contributed by atoms with Crippen LogP contribution in [0.15, 0.2) is 18.4 Å². The summed E-state index contributed by atoms with van der Waals surface area (Å²) in [6.45, 7) is 7.56. The van der Waals surface area contributed by atoms with E-state index in [4.69, 9.17) is 0 Å². The van der Waals surface area contributed by atoms with Gasteiger partial charge in [0.25, 0.3) is 0 Å². The lowest BCUT2D eigenvalue weighted by Crippen LogP contribution is -2.13. The summed E-state index contributed by atoms with van der Waals surface area (Å²) in [5.41, 5.74) is 2.69. The van der Waals surface area contributed by atoms with Crippen molar-refractivity contribution in [2.24, 2.45) is 0 Å². The lowest BCUT2D eigenvalue weighted by Gasteiger charge is -1.92. The van der Waals surface area contributed by atoms with Crippen LogP contribution in [0.25, 0.3) is 0 Å². The van der Waals surface area contributed by atoms with E-state index in [1.807, 2.05) is 6.08 Å². The summed E-state index contributed by atoms with van der Waals surface area (Å²) >= 11 is 0. The molecule has 1 nitrogen and oxygen atoms in total. The van der Waals surface area contributed by atoms with E-state index in [0.717, 1.165) is 13.1 Å². The van der Waals surface area contributed by atoms with Gasteiger partial charge in [0.2, 0.25) is 0 Å². The smallest absolute Gasteiger partial charge is 0.0209 e. The summed E-state index contributed by atoms with van der Waals surface area (Å²) in [4.78, 5) is 0. The van der Waals surface area contributed by atoms with E-state index in [-0.39, 0.29) is 0 Å². The van der Waals surface area contributed by atoms with Crippen molar-refractivity contribution in [1.82, 2.24) is 5.32 Å². The lowest BCUT2D eigenvalue weighted by atomic mass is 10.5. The molecule has 0 aromatic rings. The Morgan fingerprint density at radius 2 is 2.50 bits per heavy atom. The van der Waals surface area contributed by atoms with Crippen LogP contribution in [0.5, 0.6) is 0 Å². The zero-order valence-electron chi connectivity index (χ0n) is 5.41. The molecule has 1 heteroatoms. The van der Waals surface area contributed by atoms with Crippen LogP contribution >= 0.6 is 0 Å². The van der Waals surface area contributed by atoms with Crippen molar-refractivity contribution >= 4 is 0 Å². The first-order valence-electron chi connectivity index (χ1n) is 2.96. The van der Waals surface area contributed by atoms with Gasteiger partial charge < -0.3 is 5.32 Å². The standard InChI is InChI=1S/C7H13N/c1-3-5-7-8-6-4-2/h5,8H,1,4,6-7H2,2H3. The van der Waals surface area contributed by atoms with Crippen molar-refractivity contribution in [1.29, 1.82) is 0 Å². The molecule has 0 heterocycles. The zero-order chi connectivity index (χ0) is 6.24. The van der Waals surface area contributed by atoms with Crippen LogP contribution in [0.1, 0.15) is 13.3 Å². The van der Waals surface area contributed by atoms with Crippen LogP contribution in [0.4, 0.5) is 0 Å². The maximum Gasteiger partial charge on any atom is 0.0209 e. The maximum absolute atomic E-state index is 3.44. The fraction of sp³-hybridized carbons (Fsp3) is 0.571. The fourth-order valence-corrected chi connectivity index (χ4v) is 0.423. The van der Waals surface area contributed by atoms with Gasteiger partial charge in [-0.25, -0.2) is 0 Å². The monoisotopic (exact) mass is 111 g/mol. The van der Waals surface area contributed by atoms with Crippen molar-refractivity contribution < 1.29 is 0 Å². The second kappa shape index (κ2) is 6.48. The Balaban J connectivity index is 2.82. The highest BCUT2D eigenvalue weighted by Gasteiger charge is 1.74. The highest BCUT2D eigenvalue weighted by molar-refractivity contribution is 4.77. The van der Waals surface area contributed by atoms with Crippen molar-refractivity contribution in [2.75, 3.05) is 13.1 Å². The van der Waals surface area contributed by atoms with Gasteiger partial charge in [-0.3, -0.25) is 0 Å². The second-order valence-corrected chi connectivity index (χ2v) is 1.61. The van der Waals surface area contributed by atoms with Gasteiger partial charge in [0.1, 0.15) is 0 Å². The molecule has 0 rings (SSSR count). The first kappa shape index (κ1) is 7.48. The molecule has 46 valence electrons. The Labute approximate surface area is 51.1 Å². The van der Waals surface area contributed by atoms with Crippen LogP contribution in [0.3, 0.4) is 0 Å². The minimum Gasteiger partial charge on any atom is -0.313 e. The Kier molecular flexibility index (Phi) is 6.06. The molecule has 0 aliphatic heterocycles. The van der Waals surface area contributed by atoms with E-state index in [0.29, 0.717) is 0 Å². The average molecular weight is 111 g/mol. The molecule has 0 aromatic carbocycles. The molecule has 1 N–H and O–H groups in total. The molecule has 0 fully saturated rings. The number of rotatable bonds is 4. The maximum atomic E-state index is 3.44. The number of hydrogen-bond acceptors (Lipinski definition) is 1. The minimum atomic E-state index is 0.900. The molecule has 0 bridgehead atoms. The van der Waals surface area contributed by atoms with E-state index in [9.17, 15) is 0 Å². The average Bonchev–Trinajstić information content (AvgIpc) is 1.81. The number of nitrogens with one attached hydrogen (secondary N) is 1. The van der Waals surface area contributed by atoms with Gasteiger partial charge in [-0.2, -0.15) is 0 Å². The molecule has 0 saturated heterocycles. The molecule has 0 saturated carbocycles. The van der Waals surface area contributed by atoms with Gasteiger partial charge in [0.15, 0.2) is 0 Å².